The summed E-state index contributed by atoms with van der Waals surface area (Å²) in [5.74, 6) is 0.296. The van der Waals surface area contributed by atoms with Crippen molar-refractivity contribution in [1.82, 2.24) is 0 Å². The fourth-order valence-electron chi connectivity index (χ4n) is 1.94. The first-order chi connectivity index (χ1) is 11.0. The molecule has 0 aromatic heterocycles. The van der Waals surface area contributed by atoms with Crippen LogP contribution >= 0.6 is 11.8 Å². The maximum Gasteiger partial charge on any atom is 0.273 e. The van der Waals surface area contributed by atoms with Crippen molar-refractivity contribution in [2.45, 2.75) is 11.8 Å². The van der Waals surface area contributed by atoms with E-state index in [2.05, 4.69) is 5.32 Å². The van der Waals surface area contributed by atoms with Crippen LogP contribution in [0.4, 0.5) is 11.4 Å². The number of nitro benzene ring substituents is 1. The summed E-state index contributed by atoms with van der Waals surface area (Å²) in [4.78, 5) is 23.3. The smallest absolute Gasteiger partial charge is 0.273 e. The van der Waals surface area contributed by atoms with Crippen LogP contribution in [0.5, 0.6) is 5.75 Å². The van der Waals surface area contributed by atoms with Crippen LogP contribution in [0.3, 0.4) is 0 Å². The van der Waals surface area contributed by atoms with E-state index in [1.54, 1.807) is 0 Å². The molecule has 2 aromatic carbocycles. The van der Waals surface area contributed by atoms with E-state index in [-0.39, 0.29) is 23.1 Å². The number of carbonyl (C=O) groups excluding carboxylic acids is 1. The number of hydrogen-bond acceptors (Lipinski definition) is 5. The Bertz CT molecular complexity index is 734. The van der Waals surface area contributed by atoms with E-state index in [1.807, 2.05) is 31.2 Å². The molecule has 23 heavy (non-hydrogen) atoms. The molecule has 0 bridgehead atoms. The molecule has 0 aliphatic carbocycles. The highest BCUT2D eigenvalue weighted by atomic mass is 32.2. The molecule has 120 valence electrons. The molecule has 2 rings (SSSR count). The minimum atomic E-state index is -0.512. The van der Waals surface area contributed by atoms with Gasteiger partial charge in [-0.2, -0.15) is 0 Å². The number of carbonyl (C=O) groups is 1. The summed E-state index contributed by atoms with van der Waals surface area (Å²) in [6, 6.07) is 11.9. The lowest BCUT2D eigenvalue weighted by Gasteiger charge is -2.10. The predicted octanol–water partition coefficient (Wildman–Crippen LogP) is 3.64. The van der Waals surface area contributed by atoms with E-state index in [9.17, 15) is 14.9 Å². The van der Waals surface area contributed by atoms with Crippen molar-refractivity contribution in [2.75, 3.05) is 18.2 Å². The molecule has 0 fully saturated rings. The van der Waals surface area contributed by atoms with Crippen molar-refractivity contribution < 1.29 is 14.5 Å². The van der Waals surface area contributed by atoms with Crippen LogP contribution < -0.4 is 10.1 Å². The molecule has 0 saturated heterocycles. The second-order valence-electron chi connectivity index (χ2n) is 4.74. The van der Waals surface area contributed by atoms with E-state index < -0.39 is 4.92 Å². The molecule has 1 N–H and O–H groups in total. The zero-order valence-electron chi connectivity index (χ0n) is 12.7. The van der Waals surface area contributed by atoms with Crippen LogP contribution in [0, 0.1) is 17.0 Å². The molecule has 0 aliphatic rings. The molecule has 7 heteroatoms. The number of amides is 1. The number of nitro groups is 1. The second kappa shape index (κ2) is 7.64. The fraction of sp³-hybridized carbons (Fsp3) is 0.188. The first-order valence-corrected chi connectivity index (χ1v) is 7.80. The molecule has 0 aliphatic heterocycles. The molecule has 0 radical (unpaired) electrons. The Morgan fingerprint density at radius 1 is 1.30 bits per heavy atom. The van der Waals surface area contributed by atoms with Gasteiger partial charge in [0.25, 0.3) is 5.69 Å². The lowest BCUT2D eigenvalue weighted by Crippen LogP contribution is -2.14. The molecule has 0 saturated carbocycles. The van der Waals surface area contributed by atoms with Gasteiger partial charge in [-0.1, -0.05) is 18.2 Å². The third-order valence-corrected chi connectivity index (χ3v) is 4.30. The highest BCUT2D eigenvalue weighted by molar-refractivity contribution is 8.00. The van der Waals surface area contributed by atoms with Gasteiger partial charge in [-0.15, -0.1) is 11.8 Å². The molecular formula is C16H16N2O4S. The van der Waals surface area contributed by atoms with Gasteiger partial charge < -0.3 is 10.1 Å². The number of nitrogens with zero attached hydrogens (tertiary/aromatic N) is 1. The van der Waals surface area contributed by atoms with Gasteiger partial charge in [-0.25, -0.2) is 0 Å². The van der Waals surface area contributed by atoms with E-state index in [0.717, 1.165) is 10.5 Å². The summed E-state index contributed by atoms with van der Waals surface area (Å²) in [7, 11) is 1.40. The lowest BCUT2D eigenvalue weighted by atomic mass is 10.2. The second-order valence-corrected chi connectivity index (χ2v) is 5.76. The van der Waals surface area contributed by atoms with Crippen LogP contribution in [-0.2, 0) is 4.79 Å². The van der Waals surface area contributed by atoms with Crippen molar-refractivity contribution in [2.24, 2.45) is 0 Å². The van der Waals surface area contributed by atoms with E-state index in [1.165, 1.54) is 37.1 Å². The third-order valence-electron chi connectivity index (χ3n) is 3.12. The first kappa shape index (κ1) is 16.8. The largest absolute Gasteiger partial charge is 0.494 e. The van der Waals surface area contributed by atoms with Crippen LogP contribution in [0.15, 0.2) is 47.4 Å². The van der Waals surface area contributed by atoms with Crippen LogP contribution in [0.25, 0.3) is 0 Å². The highest BCUT2D eigenvalue weighted by Gasteiger charge is 2.13. The average Bonchev–Trinajstić information content (AvgIpc) is 2.54. The summed E-state index contributed by atoms with van der Waals surface area (Å²) >= 11 is 1.43. The number of non-ortho nitro benzene ring substituents is 1. The summed E-state index contributed by atoms with van der Waals surface area (Å²) in [5, 5.41) is 13.5. The Morgan fingerprint density at radius 3 is 2.70 bits per heavy atom. The molecule has 0 unspecified atom stereocenters. The topological polar surface area (TPSA) is 81.5 Å². The van der Waals surface area contributed by atoms with Gasteiger partial charge in [0.2, 0.25) is 5.91 Å². The number of rotatable bonds is 6. The molecule has 0 spiro atoms. The predicted molar refractivity (Wildman–Crippen MR) is 90.2 cm³/mol. The van der Waals surface area contributed by atoms with Crippen molar-refractivity contribution in [3.05, 3.63) is 58.1 Å². The third kappa shape index (κ3) is 4.46. The lowest BCUT2D eigenvalue weighted by molar-refractivity contribution is -0.384. The van der Waals surface area contributed by atoms with E-state index in [4.69, 9.17) is 4.74 Å². The molecule has 0 atom stereocenters. The van der Waals surface area contributed by atoms with Crippen LogP contribution in [0.1, 0.15) is 5.56 Å². The monoisotopic (exact) mass is 332 g/mol. The van der Waals surface area contributed by atoms with E-state index in [0.29, 0.717) is 5.69 Å². The van der Waals surface area contributed by atoms with Crippen LogP contribution in [-0.4, -0.2) is 23.7 Å². The summed E-state index contributed by atoms with van der Waals surface area (Å²) < 4.78 is 5.09. The Morgan fingerprint density at radius 2 is 2.04 bits per heavy atom. The van der Waals surface area contributed by atoms with Gasteiger partial charge >= 0.3 is 0 Å². The summed E-state index contributed by atoms with van der Waals surface area (Å²) in [5.41, 5.74) is 1.43. The minimum absolute atomic E-state index is 0.0888. The maximum atomic E-state index is 12.1. The average molecular weight is 332 g/mol. The van der Waals surface area contributed by atoms with Crippen molar-refractivity contribution >= 4 is 29.0 Å². The van der Waals surface area contributed by atoms with Crippen molar-refractivity contribution in [3.63, 3.8) is 0 Å². The standard InChI is InChI=1S/C16H16N2O4S/c1-11-5-3-4-6-15(11)23-10-16(19)17-13-8-7-12(18(20)21)9-14(13)22-2/h3-9H,10H2,1-2H3,(H,17,19). The fourth-order valence-corrected chi connectivity index (χ4v) is 2.77. The van der Waals surface area contributed by atoms with Crippen LogP contribution in [0.2, 0.25) is 0 Å². The van der Waals surface area contributed by atoms with Gasteiger partial charge in [-0.05, 0) is 24.6 Å². The van der Waals surface area contributed by atoms with E-state index >= 15 is 0 Å². The SMILES string of the molecule is COc1cc([N+](=O)[O-])ccc1NC(=O)CSc1ccccc1C. The Kier molecular flexibility index (Phi) is 5.59. The van der Waals surface area contributed by atoms with Gasteiger partial charge in [0.05, 0.1) is 29.5 Å². The number of hydrogen-bond donors (Lipinski definition) is 1. The zero-order chi connectivity index (χ0) is 16.8. The number of methoxy groups -OCH3 is 1. The zero-order valence-corrected chi connectivity index (χ0v) is 13.6. The first-order valence-electron chi connectivity index (χ1n) is 6.82. The van der Waals surface area contributed by atoms with Crippen molar-refractivity contribution in [1.29, 1.82) is 0 Å². The van der Waals surface area contributed by atoms with Crippen molar-refractivity contribution in [3.8, 4) is 5.75 Å². The highest BCUT2D eigenvalue weighted by Crippen LogP contribution is 2.29. The Hall–Kier alpha value is -2.54. The van der Waals surface area contributed by atoms with Gasteiger partial charge in [0.1, 0.15) is 5.75 Å². The number of anilines is 1. The summed E-state index contributed by atoms with van der Waals surface area (Å²) in [6.07, 6.45) is 0. The molecule has 6 nitrogen and oxygen atoms in total. The van der Waals surface area contributed by atoms with Gasteiger partial charge in [-0.3, -0.25) is 14.9 Å². The quantitative estimate of drug-likeness (QED) is 0.496. The normalized spacial score (nSPS) is 10.2. The Labute approximate surface area is 138 Å². The molecule has 2 aromatic rings. The van der Waals surface area contributed by atoms with Gasteiger partial charge in [0.15, 0.2) is 0 Å². The number of benzene rings is 2. The summed E-state index contributed by atoms with van der Waals surface area (Å²) in [6.45, 7) is 1.99. The minimum Gasteiger partial charge on any atom is -0.494 e. The Balaban J connectivity index is 2.03. The maximum absolute atomic E-state index is 12.1. The molecular weight excluding hydrogens is 316 g/mol. The number of ether oxygens (including phenoxy) is 1. The van der Waals surface area contributed by atoms with Gasteiger partial charge in [0, 0.05) is 11.0 Å². The number of aryl methyl sites for hydroxylation is 1. The number of thioether (sulfide) groups is 1. The number of nitrogens with one attached hydrogen (secondary N) is 1. The molecule has 1 amide bonds. The molecule has 0 heterocycles.